The van der Waals surface area contributed by atoms with Crippen molar-refractivity contribution in [3.05, 3.63) is 56.6 Å². The largest absolute Gasteiger partial charge is 0.313 e. The summed E-state index contributed by atoms with van der Waals surface area (Å²) in [4.78, 5) is 28.5. The topological polar surface area (TPSA) is 88.9 Å². The Hall–Kier alpha value is -2.50. The first-order chi connectivity index (χ1) is 8.63. The van der Waals surface area contributed by atoms with E-state index in [4.69, 9.17) is 0 Å². The lowest BCUT2D eigenvalue weighted by molar-refractivity contribution is -0.384. The van der Waals surface area contributed by atoms with Crippen LogP contribution in [-0.4, -0.2) is 14.9 Å². The maximum atomic E-state index is 11.6. The van der Waals surface area contributed by atoms with Crippen LogP contribution in [0.1, 0.15) is 12.5 Å². The van der Waals surface area contributed by atoms with Crippen molar-refractivity contribution >= 4 is 5.69 Å². The Balaban J connectivity index is 2.62. The van der Waals surface area contributed by atoms with Gasteiger partial charge in [-0.1, -0.05) is 19.1 Å². The second-order valence-electron chi connectivity index (χ2n) is 3.72. The van der Waals surface area contributed by atoms with Crippen molar-refractivity contribution < 1.29 is 4.92 Å². The highest BCUT2D eigenvalue weighted by Gasteiger charge is 2.12. The molecule has 0 fully saturated rings. The Morgan fingerprint density at radius 2 is 2.22 bits per heavy atom. The Morgan fingerprint density at radius 1 is 1.44 bits per heavy atom. The molecular formula is C12H11N3O3. The van der Waals surface area contributed by atoms with E-state index in [1.54, 1.807) is 12.1 Å². The molecule has 0 aliphatic rings. The van der Waals surface area contributed by atoms with E-state index in [2.05, 4.69) is 9.97 Å². The van der Waals surface area contributed by atoms with Crippen LogP contribution in [0.2, 0.25) is 0 Å². The van der Waals surface area contributed by atoms with E-state index < -0.39 is 4.92 Å². The highest BCUT2D eigenvalue weighted by molar-refractivity contribution is 5.65. The lowest BCUT2D eigenvalue weighted by Crippen LogP contribution is -2.14. The van der Waals surface area contributed by atoms with Crippen LogP contribution in [-0.2, 0) is 6.42 Å². The van der Waals surface area contributed by atoms with Crippen molar-refractivity contribution in [1.29, 1.82) is 0 Å². The van der Waals surface area contributed by atoms with Crippen molar-refractivity contribution in [2.45, 2.75) is 13.3 Å². The number of rotatable bonds is 3. The standard InChI is InChI=1S/C12H11N3O3/c1-2-10-11(13-7-14-12(10)16)8-4-3-5-9(6-8)15(17)18/h3-7H,2H2,1H3,(H,13,14,16). The molecule has 6 nitrogen and oxygen atoms in total. The number of nitrogens with zero attached hydrogens (tertiary/aromatic N) is 2. The Labute approximate surface area is 102 Å². The fourth-order valence-electron chi connectivity index (χ4n) is 1.77. The molecule has 0 aliphatic heterocycles. The van der Waals surface area contributed by atoms with Crippen LogP contribution in [0.3, 0.4) is 0 Å². The van der Waals surface area contributed by atoms with Crippen molar-refractivity contribution in [2.24, 2.45) is 0 Å². The van der Waals surface area contributed by atoms with Crippen LogP contribution in [0.4, 0.5) is 5.69 Å². The number of hydrogen-bond acceptors (Lipinski definition) is 4. The molecule has 6 heteroatoms. The summed E-state index contributed by atoms with van der Waals surface area (Å²) in [5, 5.41) is 10.7. The van der Waals surface area contributed by atoms with Gasteiger partial charge in [0.15, 0.2) is 0 Å². The maximum Gasteiger partial charge on any atom is 0.270 e. The van der Waals surface area contributed by atoms with E-state index in [0.717, 1.165) is 0 Å². The molecule has 92 valence electrons. The zero-order chi connectivity index (χ0) is 13.1. The summed E-state index contributed by atoms with van der Waals surface area (Å²) in [6.45, 7) is 1.84. The Bertz CT molecular complexity index is 649. The highest BCUT2D eigenvalue weighted by Crippen LogP contribution is 2.23. The van der Waals surface area contributed by atoms with Crippen LogP contribution in [0.15, 0.2) is 35.4 Å². The lowest BCUT2D eigenvalue weighted by atomic mass is 10.0. The van der Waals surface area contributed by atoms with Gasteiger partial charge >= 0.3 is 0 Å². The van der Waals surface area contributed by atoms with Gasteiger partial charge in [-0.15, -0.1) is 0 Å². The molecule has 0 spiro atoms. The number of nitro benzene ring substituents is 1. The molecule has 0 radical (unpaired) electrons. The van der Waals surface area contributed by atoms with Gasteiger partial charge in [0, 0.05) is 23.3 Å². The number of aromatic amines is 1. The quantitative estimate of drug-likeness (QED) is 0.660. The van der Waals surface area contributed by atoms with Crippen molar-refractivity contribution in [3.8, 4) is 11.3 Å². The first kappa shape index (κ1) is 12.0. The minimum atomic E-state index is -0.470. The first-order valence-electron chi connectivity index (χ1n) is 5.45. The van der Waals surface area contributed by atoms with E-state index in [0.29, 0.717) is 23.2 Å². The molecule has 0 saturated carbocycles. The molecule has 0 amide bonds. The van der Waals surface area contributed by atoms with Crippen LogP contribution in [0.5, 0.6) is 0 Å². The first-order valence-corrected chi connectivity index (χ1v) is 5.45. The molecule has 0 atom stereocenters. The monoisotopic (exact) mass is 245 g/mol. The van der Waals surface area contributed by atoms with Crippen LogP contribution in [0.25, 0.3) is 11.3 Å². The third-order valence-electron chi connectivity index (χ3n) is 2.63. The maximum absolute atomic E-state index is 11.6. The molecule has 0 unspecified atom stereocenters. The zero-order valence-electron chi connectivity index (χ0n) is 9.71. The molecular weight excluding hydrogens is 234 g/mol. The van der Waals surface area contributed by atoms with E-state index in [1.165, 1.54) is 18.5 Å². The van der Waals surface area contributed by atoms with Gasteiger partial charge < -0.3 is 4.98 Å². The summed E-state index contributed by atoms with van der Waals surface area (Å²) in [5.74, 6) is 0. The van der Waals surface area contributed by atoms with Crippen LogP contribution < -0.4 is 5.56 Å². The van der Waals surface area contributed by atoms with Crippen LogP contribution in [0, 0.1) is 10.1 Å². The average molecular weight is 245 g/mol. The molecule has 0 aliphatic carbocycles. The molecule has 1 heterocycles. The van der Waals surface area contributed by atoms with Gasteiger partial charge in [0.2, 0.25) is 0 Å². The fraction of sp³-hybridized carbons (Fsp3) is 0.167. The predicted molar refractivity (Wildman–Crippen MR) is 66.3 cm³/mol. The lowest BCUT2D eigenvalue weighted by Gasteiger charge is -2.05. The molecule has 2 rings (SSSR count). The van der Waals surface area contributed by atoms with Crippen molar-refractivity contribution in [1.82, 2.24) is 9.97 Å². The normalized spacial score (nSPS) is 10.3. The SMILES string of the molecule is CCc1c(-c2cccc([N+](=O)[O-])c2)nc[nH]c1=O. The fourth-order valence-corrected chi connectivity index (χ4v) is 1.77. The number of aromatic nitrogens is 2. The number of nitrogens with one attached hydrogen (secondary N) is 1. The van der Waals surface area contributed by atoms with E-state index in [9.17, 15) is 14.9 Å². The van der Waals surface area contributed by atoms with E-state index in [-0.39, 0.29) is 11.2 Å². The molecule has 2 aromatic rings. The molecule has 0 saturated heterocycles. The average Bonchev–Trinajstić information content (AvgIpc) is 2.38. The number of benzene rings is 1. The minimum absolute atomic E-state index is 0.0170. The number of nitro groups is 1. The Morgan fingerprint density at radius 3 is 2.89 bits per heavy atom. The Kier molecular flexibility index (Phi) is 3.18. The summed E-state index contributed by atoms with van der Waals surface area (Å²) in [6.07, 6.45) is 1.82. The molecule has 0 bridgehead atoms. The van der Waals surface area contributed by atoms with Gasteiger partial charge in [-0.2, -0.15) is 0 Å². The molecule has 1 aromatic heterocycles. The number of H-pyrrole nitrogens is 1. The van der Waals surface area contributed by atoms with Crippen LogP contribution >= 0.6 is 0 Å². The van der Waals surface area contributed by atoms with Gasteiger partial charge in [0.05, 0.1) is 16.9 Å². The highest BCUT2D eigenvalue weighted by atomic mass is 16.6. The van der Waals surface area contributed by atoms with Crippen molar-refractivity contribution in [3.63, 3.8) is 0 Å². The molecule has 18 heavy (non-hydrogen) atoms. The van der Waals surface area contributed by atoms with Gasteiger partial charge in [0.25, 0.3) is 11.2 Å². The summed E-state index contributed by atoms with van der Waals surface area (Å²) in [6, 6.07) is 6.10. The summed E-state index contributed by atoms with van der Waals surface area (Å²) in [5.41, 5.74) is 1.36. The van der Waals surface area contributed by atoms with E-state index in [1.807, 2.05) is 6.92 Å². The zero-order valence-corrected chi connectivity index (χ0v) is 9.71. The van der Waals surface area contributed by atoms with E-state index >= 15 is 0 Å². The van der Waals surface area contributed by atoms with Crippen molar-refractivity contribution in [2.75, 3.05) is 0 Å². The third-order valence-corrected chi connectivity index (χ3v) is 2.63. The summed E-state index contributed by atoms with van der Waals surface area (Å²) in [7, 11) is 0. The molecule has 1 N–H and O–H groups in total. The minimum Gasteiger partial charge on any atom is -0.313 e. The second-order valence-corrected chi connectivity index (χ2v) is 3.72. The second kappa shape index (κ2) is 4.79. The van der Waals surface area contributed by atoms with Gasteiger partial charge in [-0.25, -0.2) is 4.98 Å². The number of non-ortho nitro benzene ring substituents is 1. The summed E-state index contributed by atoms with van der Waals surface area (Å²) < 4.78 is 0. The third kappa shape index (κ3) is 2.13. The molecule has 1 aromatic carbocycles. The summed E-state index contributed by atoms with van der Waals surface area (Å²) >= 11 is 0. The van der Waals surface area contributed by atoms with Gasteiger partial charge in [-0.3, -0.25) is 14.9 Å². The number of hydrogen-bond donors (Lipinski definition) is 1. The smallest absolute Gasteiger partial charge is 0.270 e. The van der Waals surface area contributed by atoms with Gasteiger partial charge in [-0.05, 0) is 6.42 Å². The van der Waals surface area contributed by atoms with Gasteiger partial charge in [0.1, 0.15) is 0 Å². The predicted octanol–water partition coefficient (Wildman–Crippen LogP) is 1.91.